The van der Waals surface area contributed by atoms with Crippen molar-refractivity contribution in [3.8, 4) is 0 Å². The van der Waals surface area contributed by atoms with E-state index in [1.807, 2.05) is 18.2 Å². The molecule has 3 aromatic rings. The van der Waals surface area contributed by atoms with E-state index < -0.39 is 19.6 Å². The molecule has 0 aliphatic carbocycles. The lowest BCUT2D eigenvalue weighted by molar-refractivity contribution is -0.0511. The highest BCUT2D eigenvalue weighted by Gasteiger charge is 2.35. The van der Waals surface area contributed by atoms with Crippen molar-refractivity contribution >= 4 is 18.0 Å². The van der Waals surface area contributed by atoms with Crippen LogP contribution in [-0.4, -0.2) is 23.4 Å². The van der Waals surface area contributed by atoms with Gasteiger partial charge in [-0.05, 0) is 29.8 Å². The number of aliphatic hydroxyl groups excluding tert-OH is 1. The Kier molecular flexibility index (Phi) is 5.70. The van der Waals surface area contributed by atoms with Gasteiger partial charge in [-0.2, -0.15) is 0 Å². The van der Waals surface area contributed by atoms with Crippen LogP contribution >= 0.6 is 7.37 Å². The van der Waals surface area contributed by atoms with Crippen molar-refractivity contribution in [2.45, 2.75) is 5.60 Å². The molecule has 134 valence electrons. The second-order valence-electron chi connectivity index (χ2n) is 6.05. The zero-order chi connectivity index (χ0) is 18.5. The molecule has 0 spiro atoms. The molecule has 3 aromatic carbocycles. The molecule has 5 heteroatoms. The summed E-state index contributed by atoms with van der Waals surface area (Å²) in [4.78, 5) is 0. The minimum absolute atomic E-state index is 0.297. The molecule has 0 aliphatic rings. The summed E-state index contributed by atoms with van der Waals surface area (Å²) in [5, 5.41) is 21.7. The fraction of sp³-hybridized carbons (Fsp3) is 0.143. The Balaban J connectivity index is 1.96. The molecule has 0 amide bonds. The molecule has 4 nitrogen and oxygen atoms in total. The molecule has 2 N–H and O–H groups in total. The quantitative estimate of drug-likeness (QED) is 0.630. The molecule has 0 heterocycles. The van der Waals surface area contributed by atoms with E-state index in [4.69, 9.17) is 4.52 Å². The Morgan fingerprint density at radius 3 is 1.62 bits per heavy atom. The van der Waals surface area contributed by atoms with Gasteiger partial charge in [-0.1, -0.05) is 66.7 Å². The average Bonchev–Trinajstić information content (AvgIpc) is 2.73. The third-order valence-electron chi connectivity index (χ3n) is 4.25. The third-order valence-corrected chi connectivity index (χ3v) is 6.70. The van der Waals surface area contributed by atoms with Gasteiger partial charge in [0.2, 0.25) is 0 Å². The molecule has 26 heavy (non-hydrogen) atoms. The maximum absolute atomic E-state index is 13.8. The smallest absolute Gasteiger partial charge is 0.261 e. The van der Waals surface area contributed by atoms with Crippen molar-refractivity contribution in [2.24, 2.45) is 0 Å². The third kappa shape index (κ3) is 3.79. The Morgan fingerprint density at radius 2 is 1.19 bits per heavy atom. The van der Waals surface area contributed by atoms with Gasteiger partial charge in [0.15, 0.2) is 0 Å². The first-order valence-electron chi connectivity index (χ1n) is 8.33. The minimum atomic E-state index is -3.43. The lowest BCUT2D eigenvalue weighted by atomic mass is 9.96. The van der Waals surface area contributed by atoms with Gasteiger partial charge in [-0.3, -0.25) is 4.57 Å². The Morgan fingerprint density at radius 1 is 0.769 bits per heavy atom. The maximum Gasteiger partial charge on any atom is 0.261 e. The average molecular weight is 368 g/mol. The minimum Gasteiger partial charge on any atom is -0.393 e. The zero-order valence-electron chi connectivity index (χ0n) is 14.2. The fourth-order valence-electron chi connectivity index (χ4n) is 2.71. The van der Waals surface area contributed by atoms with E-state index in [9.17, 15) is 14.8 Å². The first-order chi connectivity index (χ1) is 12.6. The first-order valence-corrected chi connectivity index (χ1v) is 9.95. The number of hydrogen-bond acceptors (Lipinski definition) is 4. The van der Waals surface area contributed by atoms with E-state index in [1.165, 1.54) is 0 Å². The van der Waals surface area contributed by atoms with Crippen LogP contribution in [0.3, 0.4) is 0 Å². The second-order valence-corrected chi connectivity index (χ2v) is 8.45. The second kappa shape index (κ2) is 7.98. The first kappa shape index (κ1) is 18.6. The van der Waals surface area contributed by atoms with Crippen LogP contribution in [0.1, 0.15) is 5.56 Å². The standard InChI is InChI=1S/C21H21O4P/c22-16-21(23,18-10-4-1-5-11-18)17-25-26(24,19-12-6-2-7-13-19)20-14-8-3-9-15-20/h1-15,22-23H,16-17H2. The van der Waals surface area contributed by atoms with Gasteiger partial charge in [-0.25, -0.2) is 0 Å². The van der Waals surface area contributed by atoms with Gasteiger partial charge in [0, 0.05) is 10.6 Å². The summed E-state index contributed by atoms with van der Waals surface area (Å²) >= 11 is 0. The summed E-state index contributed by atoms with van der Waals surface area (Å²) in [7, 11) is -3.43. The predicted octanol–water partition coefficient (Wildman–Crippen LogP) is 2.81. The largest absolute Gasteiger partial charge is 0.393 e. The van der Waals surface area contributed by atoms with Crippen molar-refractivity contribution in [1.82, 2.24) is 0 Å². The van der Waals surface area contributed by atoms with Gasteiger partial charge in [-0.15, -0.1) is 0 Å². The highest BCUT2D eigenvalue weighted by Crippen LogP contribution is 2.45. The molecule has 0 saturated carbocycles. The molecule has 0 saturated heterocycles. The fourth-order valence-corrected chi connectivity index (χ4v) is 4.83. The van der Waals surface area contributed by atoms with Crippen LogP contribution in [0.25, 0.3) is 0 Å². The van der Waals surface area contributed by atoms with Crippen LogP contribution in [0.2, 0.25) is 0 Å². The molecular weight excluding hydrogens is 347 g/mol. The van der Waals surface area contributed by atoms with Crippen LogP contribution in [0.5, 0.6) is 0 Å². The summed E-state index contributed by atoms with van der Waals surface area (Å²) in [6.07, 6.45) is 0. The van der Waals surface area contributed by atoms with E-state index in [2.05, 4.69) is 0 Å². The number of hydrogen-bond donors (Lipinski definition) is 2. The summed E-state index contributed by atoms with van der Waals surface area (Å²) in [6.45, 7) is -0.838. The molecule has 0 fully saturated rings. The molecule has 0 aromatic heterocycles. The van der Waals surface area contributed by atoms with Crippen LogP contribution in [0.15, 0.2) is 91.0 Å². The van der Waals surface area contributed by atoms with Crippen molar-refractivity contribution in [3.63, 3.8) is 0 Å². The Bertz CT molecular complexity index is 825. The Hall–Kier alpha value is -2.23. The van der Waals surface area contributed by atoms with Crippen molar-refractivity contribution in [2.75, 3.05) is 13.2 Å². The van der Waals surface area contributed by atoms with Gasteiger partial charge in [0.1, 0.15) is 5.60 Å². The lowest BCUT2D eigenvalue weighted by Crippen LogP contribution is -2.36. The number of benzene rings is 3. The molecule has 0 radical (unpaired) electrons. The topological polar surface area (TPSA) is 66.8 Å². The van der Waals surface area contributed by atoms with E-state index in [0.29, 0.717) is 16.2 Å². The monoisotopic (exact) mass is 368 g/mol. The lowest BCUT2D eigenvalue weighted by Gasteiger charge is -2.29. The van der Waals surface area contributed by atoms with Crippen LogP contribution in [-0.2, 0) is 14.7 Å². The summed E-state index contributed by atoms with van der Waals surface area (Å²) < 4.78 is 19.7. The number of aliphatic hydroxyl groups is 2. The molecule has 1 unspecified atom stereocenters. The van der Waals surface area contributed by atoms with Crippen molar-refractivity contribution < 1.29 is 19.3 Å². The SMILES string of the molecule is O=P(OCC(O)(CO)c1ccccc1)(c1ccccc1)c1ccccc1. The van der Waals surface area contributed by atoms with Crippen molar-refractivity contribution in [3.05, 3.63) is 96.6 Å². The molecule has 0 aliphatic heterocycles. The van der Waals surface area contributed by atoms with E-state index in [1.54, 1.807) is 72.8 Å². The van der Waals surface area contributed by atoms with Crippen molar-refractivity contribution in [1.29, 1.82) is 0 Å². The molecule has 1 atom stereocenters. The Labute approximate surface area is 153 Å². The van der Waals surface area contributed by atoms with Crippen LogP contribution < -0.4 is 10.6 Å². The van der Waals surface area contributed by atoms with Gasteiger partial charge < -0.3 is 14.7 Å². The summed E-state index contributed by atoms with van der Waals surface area (Å²) in [6, 6.07) is 26.6. The molecule has 3 rings (SSSR count). The highest BCUT2D eigenvalue weighted by molar-refractivity contribution is 7.74. The van der Waals surface area contributed by atoms with Gasteiger partial charge in [0.05, 0.1) is 13.2 Å². The normalized spacial score (nSPS) is 13.9. The zero-order valence-corrected chi connectivity index (χ0v) is 15.1. The van der Waals surface area contributed by atoms with Crippen LogP contribution in [0.4, 0.5) is 0 Å². The number of rotatable bonds is 7. The molecular formula is C21H21O4P. The van der Waals surface area contributed by atoms with E-state index in [-0.39, 0.29) is 6.61 Å². The van der Waals surface area contributed by atoms with Gasteiger partial charge >= 0.3 is 0 Å². The van der Waals surface area contributed by atoms with Crippen LogP contribution in [0, 0.1) is 0 Å². The van der Waals surface area contributed by atoms with Gasteiger partial charge in [0.25, 0.3) is 7.37 Å². The van der Waals surface area contributed by atoms with E-state index in [0.717, 1.165) is 0 Å². The molecule has 0 bridgehead atoms. The summed E-state index contributed by atoms with van der Waals surface area (Å²) in [5.41, 5.74) is -1.13. The highest BCUT2D eigenvalue weighted by atomic mass is 31.2. The predicted molar refractivity (Wildman–Crippen MR) is 103 cm³/mol. The van der Waals surface area contributed by atoms with E-state index >= 15 is 0 Å². The summed E-state index contributed by atoms with van der Waals surface area (Å²) in [5.74, 6) is 0. The maximum atomic E-state index is 13.8.